The van der Waals surface area contributed by atoms with Crippen molar-refractivity contribution < 1.29 is 9.53 Å². The Hall–Kier alpha value is -3.79. The van der Waals surface area contributed by atoms with Crippen molar-refractivity contribution in [2.45, 2.75) is 32.2 Å². The minimum absolute atomic E-state index is 0.0109. The van der Waals surface area contributed by atoms with Crippen molar-refractivity contribution in [2.75, 3.05) is 49.6 Å². The predicted octanol–water partition coefficient (Wildman–Crippen LogP) is 5.38. The van der Waals surface area contributed by atoms with E-state index in [0.29, 0.717) is 18.9 Å². The zero-order valence-electron chi connectivity index (χ0n) is 23.1. The second kappa shape index (κ2) is 10.9. The van der Waals surface area contributed by atoms with Crippen molar-refractivity contribution in [3.8, 4) is 11.1 Å². The molecule has 210 valence electrons. The highest BCUT2D eigenvalue weighted by Crippen LogP contribution is 2.41. The maximum Gasteiger partial charge on any atom is 0.259 e. The average Bonchev–Trinajstić information content (AvgIpc) is 3.39. The number of thiophene rings is 1. The predicted molar refractivity (Wildman–Crippen MR) is 166 cm³/mol. The molecule has 5 aromatic rings. The van der Waals surface area contributed by atoms with Gasteiger partial charge in [0.05, 0.1) is 19.3 Å². The number of hydrogen-bond donors (Lipinski definition) is 1. The topological polar surface area (TPSA) is 79.2 Å². The van der Waals surface area contributed by atoms with Crippen LogP contribution in [0.25, 0.3) is 36.9 Å². The highest BCUT2D eigenvalue weighted by Gasteiger charge is 2.23. The first-order valence-electron chi connectivity index (χ1n) is 14.4. The van der Waals surface area contributed by atoms with E-state index in [-0.39, 0.29) is 17.5 Å². The van der Waals surface area contributed by atoms with E-state index in [0.717, 1.165) is 81.8 Å². The second-order valence-corrected chi connectivity index (χ2v) is 12.0. The van der Waals surface area contributed by atoms with Gasteiger partial charge in [0.2, 0.25) is 5.91 Å². The molecule has 3 aromatic heterocycles. The van der Waals surface area contributed by atoms with Crippen LogP contribution < -0.4 is 15.8 Å². The fourth-order valence-electron chi connectivity index (χ4n) is 6.07. The highest BCUT2D eigenvalue weighted by molar-refractivity contribution is 7.26. The first-order valence-corrected chi connectivity index (χ1v) is 15.2. The number of ether oxygens (including phenoxy) is 1. The van der Waals surface area contributed by atoms with Gasteiger partial charge in [0.1, 0.15) is 11.5 Å². The van der Waals surface area contributed by atoms with Crippen LogP contribution in [0.1, 0.15) is 26.2 Å². The number of hydrogen-bond acceptors (Lipinski definition) is 7. The molecule has 0 radical (unpaired) electrons. The van der Waals surface area contributed by atoms with Gasteiger partial charge in [0, 0.05) is 75.4 Å². The third-order valence-corrected chi connectivity index (χ3v) is 9.60. The van der Waals surface area contributed by atoms with Crippen molar-refractivity contribution in [3.05, 3.63) is 71.1 Å². The summed E-state index contributed by atoms with van der Waals surface area (Å²) >= 11 is 1.72. The first-order chi connectivity index (χ1) is 20.1. The van der Waals surface area contributed by atoms with Crippen molar-refractivity contribution in [1.29, 1.82) is 0 Å². The molecule has 1 amide bonds. The number of rotatable bonds is 5. The number of nitrogens with zero attached hydrogens (tertiary/aromatic N) is 4. The fraction of sp³-hybridized carbons (Fsp3) is 0.344. The summed E-state index contributed by atoms with van der Waals surface area (Å²) in [4.78, 5) is 35.6. The third kappa shape index (κ3) is 4.88. The number of morpholine rings is 1. The van der Waals surface area contributed by atoms with Crippen LogP contribution in [0.15, 0.2) is 65.6 Å². The molecule has 0 bridgehead atoms. The van der Waals surface area contributed by atoms with Crippen molar-refractivity contribution in [3.63, 3.8) is 0 Å². The molecule has 2 aliphatic heterocycles. The van der Waals surface area contributed by atoms with Crippen LogP contribution in [-0.4, -0.2) is 65.6 Å². The van der Waals surface area contributed by atoms with Gasteiger partial charge >= 0.3 is 0 Å². The Morgan fingerprint density at radius 1 is 0.951 bits per heavy atom. The van der Waals surface area contributed by atoms with Crippen molar-refractivity contribution >= 4 is 54.6 Å². The maximum atomic E-state index is 13.2. The Morgan fingerprint density at radius 3 is 2.59 bits per heavy atom. The Balaban J connectivity index is 1.27. The molecule has 41 heavy (non-hydrogen) atoms. The number of amides is 1. The molecule has 2 aliphatic rings. The van der Waals surface area contributed by atoms with E-state index >= 15 is 0 Å². The largest absolute Gasteiger partial charge is 0.379 e. The summed E-state index contributed by atoms with van der Waals surface area (Å²) in [5.41, 5.74) is 3.39. The summed E-state index contributed by atoms with van der Waals surface area (Å²) in [7, 11) is 0. The number of nitrogens with one attached hydrogen (secondary N) is 1. The molecule has 7 rings (SSSR count). The number of piperidine rings is 1. The monoisotopic (exact) mass is 567 g/mol. The molecule has 2 aromatic carbocycles. The molecule has 0 aliphatic carbocycles. The van der Waals surface area contributed by atoms with Gasteiger partial charge in [-0.2, -0.15) is 0 Å². The van der Waals surface area contributed by atoms with Gasteiger partial charge in [-0.3, -0.25) is 18.9 Å². The highest BCUT2D eigenvalue weighted by atomic mass is 32.1. The van der Waals surface area contributed by atoms with E-state index in [4.69, 9.17) is 9.72 Å². The lowest BCUT2D eigenvalue weighted by Crippen LogP contribution is -2.47. The summed E-state index contributed by atoms with van der Waals surface area (Å²) in [6, 6.07) is 17.8. The number of benzene rings is 2. The minimum atomic E-state index is -0.225. The van der Waals surface area contributed by atoms with Gasteiger partial charge in [0.25, 0.3) is 5.56 Å². The Kier molecular flexibility index (Phi) is 6.94. The molecule has 5 heterocycles. The summed E-state index contributed by atoms with van der Waals surface area (Å²) in [5.74, 6) is 0.751. The van der Waals surface area contributed by atoms with E-state index in [1.807, 2.05) is 19.1 Å². The van der Waals surface area contributed by atoms with Gasteiger partial charge in [-0.1, -0.05) is 18.2 Å². The Morgan fingerprint density at radius 2 is 1.76 bits per heavy atom. The SMILES string of the molecule is C[C@H](C(=O)Nc1ccc2sc3c(-c4cccn5c(=O)cc(N6CCCCC6)nc45)cccc3c2c1)N1CCOCC1. The fourth-order valence-corrected chi connectivity index (χ4v) is 7.28. The number of pyridine rings is 1. The van der Waals surface area contributed by atoms with Crippen molar-refractivity contribution in [1.82, 2.24) is 14.3 Å². The lowest BCUT2D eigenvalue weighted by molar-refractivity contribution is -0.122. The number of aromatic nitrogens is 2. The number of carbonyl (C=O) groups excluding carboxylic acids is 1. The lowest BCUT2D eigenvalue weighted by Gasteiger charge is -2.31. The summed E-state index contributed by atoms with van der Waals surface area (Å²) in [6.45, 7) is 6.66. The lowest BCUT2D eigenvalue weighted by atomic mass is 10.0. The average molecular weight is 568 g/mol. The summed E-state index contributed by atoms with van der Waals surface area (Å²) in [5, 5.41) is 5.35. The first kappa shape index (κ1) is 26.1. The van der Waals surface area contributed by atoms with Crippen LogP contribution in [0, 0.1) is 0 Å². The molecular weight excluding hydrogens is 534 g/mol. The van der Waals surface area contributed by atoms with Gasteiger partial charge < -0.3 is 15.0 Å². The van der Waals surface area contributed by atoms with E-state index < -0.39 is 0 Å². The molecule has 2 saturated heterocycles. The summed E-state index contributed by atoms with van der Waals surface area (Å²) < 4.78 is 9.37. The van der Waals surface area contributed by atoms with Crippen LogP contribution in [-0.2, 0) is 9.53 Å². The number of fused-ring (bicyclic) bond motifs is 4. The molecule has 9 heteroatoms. The van der Waals surface area contributed by atoms with E-state index in [2.05, 4.69) is 51.5 Å². The van der Waals surface area contributed by atoms with E-state index in [1.165, 1.54) is 6.42 Å². The van der Waals surface area contributed by atoms with E-state index in [1.54, 1.807) is 28.0 Å². The van der Waals surface area contributed by atoms with Gasteiger partial charge in [0.15, 0.2) is 0 Å². The summed E-state index contributed by atoms with van der Waals surface area (Å²) in [6.07, 6.45) is 5.27. The van der Waals surface area contributed by atoms with Crippen LogP contribution in [0.4, 0.5) is 11.5 Å². The Bertz CT molecular complexity index is 1820. The van der Waals surface area contributed by atoms with Gasteiger partial charge in [-0.25, -0.2) is 4.98 Å². The smallest absolute Gasteiger partial charge is 0.259 e. The minimum Gasteiger partial charge on any atom is -0.379 e. The van der Waals surface area contributed by atoms with Crippen LogP contribution >= 0.6 is 11.3 Å². The zero-order valence-corrected chi connectivity index (χ0v) is 24.0. The molecule has 2 fully saturated rings. The molecule has 1 atom stereocenters. The molecule has 0 unspecified atom stereocenters. The third-order valence-electron chi connectivity index (χ3n) is 8.38. The quantitative estimate of drug-likeness (QED) is 0.307. The molecule has 0 spiro atoms. The molecule has 8 nitrogen and oxygen atoms in total. The zero-order chi connectivity index (χ0) is 27.9. The van der Waals surface area contributed by atoms with Gasteiger partial charge in [-0.05, 0) is 56.5 Å². The van der Waals surface area contributed by atoms with E-state index in [9.17, 15) is 9.59 Å². The normalized spacial score (nSPS) is 17.3. The second-order valence-electron chi connectivity index (χ2n) is 10.9. The maximum absolute atomic E-state index is 13.2. The molecular formula is C32H33N5O3S. The number of carbonyl (C=O) groups is 1. The standard InChI is InChI=1S/C32H33N5O3S/c1-21(35-15-17-40-18-16-35)32(39)33-22-10-11-27-26(19-22)24-8-5-7-23(30(24)41-27)25-9-6-14-37-29(38)20-28(34-31(25)37)36-12-3-2-4-13-36/h5-11,14,19-21H,2-4,12-13,15-18H2,1H3,(H,33,39)/t21-/m1/s1. The van der Waals surface area contributed by atoms with Gasteiger partial charge in [-0.15, -0.1) is 11.3 Å². The van der Waals surface area contributed by atoms with Crippen LogP contribution in [0.5, 0.6) is 0 Å². The van der Waals surface area contributed by atoms with Crippen molar-refractivity contribution in [2.24, 2.45) is 0 Å². The number of anilines is 2. The molecule has 0 saturated carbocycles. The Labute approximate surface area is 242 Å². The molecule has 1 N–H and O–H groups in total. The van der Waals surface area contributed by atoms with Crippen LogP contribution in [0.2, 0.25) is 0 Å². The van der Waals surface area contributed by atoms with Crippen LogP contribution in [0.3, 0.4) is 0 Å².